The molecule has 1 aromatic rings. The Bertz CT molecular complexity index is 606. The molecule has 1 aromatic carbocycles. The monoisotopic (exact) mass is 322 g/mol. The van der Waals surface area contributed by atoms with Gasteiger partial charge in [-0.3, -0.25) is 4.79 Å². The van der Waals surface area contributed by atoms with Gasteiger partial charge in [0, 0.05) is 18.8 Å². The highest BCUT2D eigenvalue weighted by Gasteiger charge is 2.19. The number of hydrogen-bond acceptors (Lipinski definition) is 4. The number of carbonyl (C=O) groups is 2. The number of urea groups is 1. The fourth-order valence-corrected chi connectivity index (χ4v) is 2.11. The fraction of sp³-hybridized carbons (Fsp3) is 0.400. The van der Waals surface area contributed by atoms with E-state index in [1.807, 2.05) is 0 Å². The van der Waals surface area contributed by atoms with Gasteiger partial charge < -0.3 is 15.4 Å². The van der Waals surface area contributed by atoms with E-state index < -0.39 is 11.8 Å². The molecule has 8 heteroatoms. The number of carbonyl (C=O) groups excluding carboxylic acids is 2. The molecule has 1 heterocycles. The van der Waals surface area contributed by atoms with Crippen molar-refractivity contribution in [2.75, 3.05) is 18.5 Å². The first-order valence-electron chi connectivity index (χ1n) is 7.40. The molecule has 0 aromatic heterocycles. The first-order chi connectivity index (χ1) is 11.1. The molecule has 0 bridgehead atoms. The quantitative estimate of drug-likeness (QED) is 0.669. The summed E-state index contributed by atoms with van der Waals surface area (Å²) in [5, 5.41) is 8.97. The van der Waals surface area contributed by atoms with Gasteiger partial charge in [-0.25, -0.2) is 14.6 Å². The fourth-order valence-electron chi connectivity index (χ4n) is 2.11. The smallest absolute Gasteiger partial charge is 0.319 e. The van der Waals surface area contributed by atoms with Crippen LogP contribution in [0.3, 0.4) is 0 Å². The number of rotatable bonds is 7. The van der Waals surface area contributed by atoms with Crippen LogP contribution in [0.5, 0.6) is 5.75 Å². The highest BCUT2D eigenvalue weighted by atomic mass is 19.1. The number of halogens is 1. The van der Waals surface area contributed by atoms with Crippen molar-refractivity contribution >= 4 is 23.8 Å². The zero-order chi connectivity index (χ0) is 16.7. The number of hydrazone groups is 1. The molecule has 0 spiro atoms. The summed E-state index contributed by atoms with van der Waals surface area (Å²) in [6.07, 6.45) is 2.81. The highest BCUT2D eigenvalue weighted by molar-refractivity contribution is 5.97. The van der Waals surface area contributed by atoms with Crippen LogP contribution in [0.4, 0.5) is 14.9 Å². The highest BCUT2D eigenvalue weighted by Crippen LogP contribution is 2.25. The van der Waals surface area contributed by atoms with E-state index in [0.29, 0.717) is 31.7 Å². The van der Waals surface area contributed by atoms with Crippen LogP contribution < -0.4 is 20.8 Å². The number of benzene rings is 1. The number of nitrogens with zero attached hydrogens (tertiary/aromatic N) is 1. The third-order valence-corrected chi connectivity index (χ3v) is 3.24. The Morgan fingerprint density at radius 2 is 2.30 bits per heavy atom. The third-order valence-electron chi connectivity index (χ3n) is 3.24. The van der Waals surface area contributed by atoms with Gasteiger partial charge in [0.2, 0.25) is 5.91 Å². The SMILES string of the molecule is CCOc1cc(F)ccc1NC(=O)NCCCC1C=NNC1=O. The molecule has 124 valence electrons. The number of amides is 3. The molecular weight excluding hydrogens is 303 g/mol. The van der Waals surface area contributed by atoms with Gasteiger partial charge >= 0.3 is 6.03 Å². The van der Waals surface area contributed by atoms with Gasteiger partial charge in [-0.05, 0) is 31.9 Å². The lowest BCUT2D eigenvalue weighted by Gasteiger charge is -2.12. The first-order valence-corrected chi connectivity index (χ1v) is 7.40. The summed E-state index contributed by atoms with van der Waals surface area (Å²) in [6.45, 7) is 2.55. The van der Waals surface area contributed by atoms with Crippen molar-refractivity contribution in [2.24, 2.45) is 11.0 Å². The maximum atomic E-state index is 13.2. The minimum absolute atomic E-state index is 0.123. The van der Waals surface area contributed by atoms with E-state index in [1.165, 1.54) is 18.2 Å². The van der Waals surface area contributed by atoms with E-state index in [4.69, 9.17) is 4.74 Å². The van der Waals surface area contributed by atoms with Gasteiger partial charge in [-0.1, -0.05) is 0 Å². The lowest BCUT2D eigenvalue weighted by atomic mass is 10.1. The zero-order valence-corrected chi connectivity index (χ0v) is 12.8. The average molecular weight is 322 g/mol. The van der Waals surface area contributed by atoms with Crippen LogP contribution in [0.1, 0.15) is 19.8 Å². The van der Waals surface area contributed by atoms with E-state index >= 15 is 0 Å². The van der Waals surface area contributed by atoms with Crippen molar-refractivity contribution in [3.63, 3.8) is 0 Å². The summed E-state index contributed by atoms with van der Waals surface area (Å²) >= 11 is 0. The Labute approximate surface area is 133 Å². The maximum Gasteiger partial charge on any atom is 0.319 e. The molecule has 0 saturated carbocycles. The van der Waals surface area contributed by atoms with Crippen LogP contribution in [0.15, 0.2) is 23.3 Å². The Kier molecular flexibility index (Phi) is 5.90. The van der Waals surface area contributed by atoms with Gasteiger partial charge in [0.15, 0.2) is 0 Å². The van der Waals surface area contributed by atoms with Gasteiger partial charge in [0.1, 0.15) is 11.6 Å². The van der Waals surface area contributed by atoms with Crippen LogP contribution in [0.25, 0.3) is 0 Å². The second-order valence-electron chi connectivity index (χ2n) is 4.96. The molecule has 23 heavy (non-hydrogen) atoms. The predicted molar refractivity (Wildman–Crippen MR) is 83.9 cm³/mol. The summed E-state index contributed by atoms with van der Waals surface area (Å²) in [5.74, 6) is -0.513. The molecule has 0 saturated heterocycles. The van der Waals surface area contributed by atoms with E-state index in [1.54, 1.807) is 13.1 Å². The van der Waals surface area contributed by atoms with Crippen LogP contribution in [-0.4, -0.2) is 31.3 Å². The summed E-state index contributed by atoms with van der Waals surface area (Å²) in [5.41, 5.74) is 2.76. The minimum Gasteiger partial charge on any atom is -0.492 e. The van der Waals surface area contributed by atoms with E-state index in [2.05, 4.69) is 21.2 Å². The number of anilines is 1. The van der Waals surface area contributed by atoms with Gasteiger partial charge in [-0.15, -0.1) is 0 Å². The Morgan fingerprint density at radius 1 is 1.48 bits per heavy atom. The number of hydrogen-bond donors (Lipinski definition) is 3. The maximum absolute atomic E-state index is 13.2. The lowest BCUT2D eigenvalue weighted by molar-refractivity contribution is -0.122. The molecule has 1 aliphatic heterocycles. The van der Waals surface area contributed by atoms with Crippen molar-refractivity contribution < 1.29 is 18.7 Å². The van der Waals surface area contributed by atoms with Gasteiger partial charge in [-0.2, -0.15) is 5.10 Å². The van der Waals surface area contributed by atoms with Crippen molar-refractivity contribution in [1.82, 2.24) is 10.7 Å². The predicted octanol–water partition coefficient (Wildman–Crippen LogP) is 1.86. The van der Waals surface area contributed by atoms with Crippen LogP contribution in [-0.2, 0) is 4.79 Å². The molecule has 1 atom stereocenters. The van der Waals surface area contributed by atoms with Gasteiger partial charge in [0.05, 0.1) is 18.2 Å². The van der Waals surface area contributed by atoms with Crippen LogP contribution in [0, 0.1) is 11.7 Å². The van der Waals surface area contributed by atoms with Crippen LogP contribution in [0.2, 0.25) is 0 Å². The molecule has 1 unspecified atom stereocenters. The van der Waals surface area contributed by atoms with Crippen molar-refractivity contribution in [3.05, 3.63) is 24.0 Å². The van der Waals surface area contributed by atoms with E-state index in [0.717, 1.165) is 0 Å². The molecular formula is C15H19FN4O3. The molecule has 0 fully saturated rings. The molecule has 0 radical (unpaired) electrons. The molecule has 3 N–H and O–H groups in total. The summed E-state index contributed by atoms with van der Waals surface area (Å²) in [4.78, 5) is 23.1. The van der Waals surface area contributed by atoms with Crippen molar-refractivity contribution in [2.45, 2.75) is 19.8 Å². The summed E-state index contributed by atoms with van der Waals surface area (Å²) < 4.78 is 18.5. The summed E-state index contributed by atoms with van der Waals surface area (Å²) in [7, 11) is 0. The second-order valence-corrected chi connectivity index (χ2v) is 4.96. The Hall–Kier alpha value is -2.64. The topological polar surface area (TPSA) is 91.8 Å². The average Bonchev–Trinajstić information content (AvgIpc) is 2.92. The number of nitrogens with one attached hydrogen (secondary N) is 3. The minimum atomic E-state index is -0.434. The van der Waals surface area contributed by atoms with Gasteiger partial charge in [0.25, 0.3) is 0 Å². The van der Waals surface area contributed by atoms with Crippen LogP contribution >= 0.6 is 0 Å². The zero-order valence-electron chi connectivity index (χ0n) is 12.8. The largest absolute Gasteiger partial charge is 0.492 e. The molecule has 2 rings (SSSR count). The molecule has 3 amide bonds. The lowest BCUT2D eigenvalue weighted by Crippen LogP contribution is -2.30. The molecule has 0 aliphatic carbocycles. The first kappa shape index (κ1) is 16.7. The van der Waals surface area contributed by atoms with Crippen molar-refractivity contribution in [3.8, 4) is 5.75 Å². The molecule has 7 nitrogen and oxygen atoms in total. The van der Waals surface area contributed by atoms with E-state index in [-0.39, 0.29) is 17.6 Å². The second kappa shape index (κ2) is 8.11. The normalized spacial score (nSPS) is 16.1. The third kappa shape index (κ3) is 4.94. The standard InChI is InChI=1S/C15H19FN4O3/c1-2-23-13-8-11(16)5-6-12(13)19-15(22)17-7-3-4-10-9-18-20-14(10)21/h5-6,8-10H,2-4,7H2,1H3,(H,20,21)(H2,17,19,22). The summed E-state index contributed by atoms with van der Waals surface area (Å²) in [6, 6.07) is 3.49. The van der Waals surface area contributed by atoms with Crippen molar-refractivity contribution in [1.29, 1.82) is 0 Å². The molecule has 1 aliphatic rings. The number of ether oxygens (including phenoxy) is 1. The Morgan fingerprint density at radius 3 is 3.00 bits per heavy atom. The van der Waals surface area contributed by atoms with E-state index in [9.17, 15) is 14.0 Å². The Balaban J connectivity index is 1.76.